The molecule has 0 aliphatic rings. The maximum absolute atomic E-state index is 10.6. The highest BCUT2D eigenvalue weighted by Crippen LogP contribution is 2.17. The van der Waals surface area contributed by atoms with Crippen LogP contribution in [0, 0.1) is 11.3 Å². The van der Waals surface area contributed by atoms with E-state index in [2.05, 4.69) is 0 Å². The molecule has 1 aromatic heterocycles. The maximum Gasteiger partial charge on any atom is 0.323 e. The summed E-state index contributed by atoms with van der Waals surface area (Å²) in [6.07, 6.45) is 1.71. The Morgan fingerprint density at radius 1 is 1.47 bits per heavy atom. The number of hydrogen-bond donors (Lipinski definition) is 1. The van der Waals surface area contributed by atoms with Gasteiger partial charge in [-0.1, -0.05) is 6.07 Å². The van der Waals surface area contributed by atoms with E-state index in [-0.39, 0.29) is 6.54 Å². The molecule has 1 aromatic carbocycles. The highest BCUT2D eigenvalue weighted by Gasteiger charge is 2.04. The summed E-state index contributed by atoms with van der Waals surface area (Å²) in [6.45, 7) is -0.0849. The van der Waals surface area contributed by atoms with E-state index < -0.39 is 5.97 Å². The van der Waals surface area contributed by atoms with Gasteiger partial charge in [0.2, 0.25) is 0 Å². The summed E-state index contributed by atoms with van der Waals surface area (Å²) in [6, 6.07) is 9.08. The van der Waals surface area contributed by atoms with E-state index in [1.165, 1.54) is 0 Å². The van der Waals surface area contributed by atoms with E-state index in [1.54, 1.807) is 22.9 Å². The number of hydrogen-bond acceptors (Lipinski definition) is 2. The second-order valence-electron chi connectivity index (χ2n) is 3.22. The first-order valence-corrected chi connectivity index (χ1v) is 4.41. The van der Waals surface area contributed by atoms with Gasteiger partial charge < -0.3 is 9.67 Å². The Balaban J connectivity index is 2.57. The Kier molecular flexibility index (Phi) is 2.14. The summed E-state index contributed by atoms with van der Waals surface area (Å²) in [5, 5.41) is 18.4. The fraction of sp³-hybridized carbons (Fsp3) is 0.0909. The Labute approximate surface area is 86.0 Å². The fourth-order valence-electron chi connectivity index (χ4n) is 1.54. The number of carboxylic acids is 1. The lowest BCUT2D eigenvalue weighted by molar-refractivity contribution is -0.137. The van der Waals surface area contributed by atoms with Gasteiger partial charge in [-0.3, -0.25) is 4.79 Å². The first kappa shape index (κ1) is 9.28. The van der Waals surface area contributed by atoms with Crippen molar-refractivity contribution in [1.82, 2.24) is 4.57 Å². The van der Waals surface area contributed by atoms with Crippen LogP contribution in [0.15, 0.2) is 30.5 Å². The zero-order chi connectivity index (χ0) is 10.8. The maximum atomic E-state index is 10.6. The second kappa shape index (κ2) is 3.46. The summed E-state index contributed by atoms with van der Waals surface area (Å²) in [4.78, 5) is 10.6. The van der Waals surface area contributed by atoms with Crippen molar-refractivity contribution in [3.63, 3.8) is 0 Å². The molecule has 0 atom stereocenters. The van der Waals surface area contributed by atoms with Gasteiger partial charge in [-0.25, -0.2) is 0 Å². The third-order valence-electron chi connectivity index (χ3n) is 2.21. The monoisotopic (exact) mass is 200 g/mol. The standard InChI is InChI=1S/C11H8N2O2/c12-6-8-1-2-9-3-4-13(7-11(14)15)10(9)5-8/h1-5H,7H2,(H,14,15). The number of aliphatic carboxylic acids is 1. The van der Waals surface area contributed by atoms with Crippen LogP contribution in [0.1, 0.15) is 5.56 Å². The molecule has 1 N–H and O–H groups in total. The molecule has 2 aromatic rings. The van der Waals surface area contributed by atoms with E-state index in [9.17, 15) is 4.79 Å². The Morgan fingerprint density at radius 3 is 2.93 bits per heavy atom. The second-order valence-corrected chi connectivity index (χ2v) is 3.22. The van der Waals surface area contributed by atoms with Crippen LogP contribution < -0.4 is 0 Å². The lowest BCUT2D eigenvalue weighted by Gasteiger charge is -2.00. The van der Waals surface area contributed by atoms with Gasteiger partial charge in [-0.15, -0.1) is 0 Å². The Morgan fingerprint density at radius 2 is 2.27 bits per heavy atom. The van der Waals surface area contributed by atoms with Crippen LogP contribution in [0.5, 0.6) is 0 Å². The smallest absolute Gasteiger partial charge is 0.323 e. The number of aromatic nitrogens is 1. The summed E-state index contributed by atoms with van der Waals surface area (Å²) < 4.78 is 1.61. The molecule has 0 unspecified atom stereocenters. The molecule has 0 radical (unpaired) electrons. The Bertz CT molecular complexity index is 563. The highest BCUT2D eigenvalue weighted by molar-refractivity contribution is 5.83. The SMILES string of the molecule is N#Cc1ccc2ccn(CC(=O)O)c2c1. The lowest BCUT2D eigenvalue weighted by Crippen LogP contribution is -2.07. The van der Waals surface area contributed by atoms with Crippen LogP contribution in [0.2, 0.25) is 0 Å². The predicted octanol–water partition coefficient (Wildman–Crippen LogP) is 1.60. The molecule has 1 heterocycles. The van der Waals surface area contributed by atoms with Crippen molar-refractivity contribution in [2.75, 3.05) is 0 Å². The minimum absolute atomic E-state index is 0.0849. The van der Waals surface area contributed by atoms with E-state index in [1.807, 2.05) is 18.2 Å². The van der Waals surface area contributed by atoms with E-state index >= 15 is 0 Å². The normalized spacial score (nSPS) is 10.1. The third-order valence-corrected chi connectivity index (χ3v) is 2.21. The molecule has 4 nitrogen and oxygen atoms in total. The first-order chi connectivity index (χ1) is 7.20. The molecule has 15 heavy (non-hydrogen) atoms. The minimum Gasteiger partial charge on any atom is -0.480 e. The minimum atomic E-state index is -0.894. The van der Waals surface area contributed by atoms with Crippen LogP contribution in [0.3, 0.4) is 0 Å². The zero-order valence-electron chi connectivity index (χ0n) is 7.84. The van der Waals surface area contributed by atoms with Crippen molar-refractivity contribution in [3.05, 3.63) is 36.0 Å². The van der Waals surface area contributed by atoms with Crippen molar-refractivity contribution in [1.29, 1.82) is 5.26 Å². The molecule has 0 amide bonds. The number of rotatable bonds is 2. The molecule has 0 spiro atoms. The van der Waals surface area contributed by atoms with Crippen molar-refractivity contribution < 1.29 is 9.90 Å². The Hall–Kier alpha value is -2.28. The quantitative estimate of drug-likeness (QED) is 0.800. The van der Waals surface area contributed by atoms with E-state index in [4.69, 9.17) is 10.4 Å². The fourth-order valence-corrected chi connectivity index (χ4v) is 1.54. The average molecular weight is 200 g/mol. The van der Waals surface area contributed by atoms with Gasteiger partial charge in [-0.05, 0) is 23.6 Å². The third kappa shape index (κ3) is 1.67. The number of benzene rings is 1. The van der Waals surface area contributed by atoms with Crippen LogP contribution in [0.25, 0.3) is 10.9 Å². The van der Waals surface area contributed by atoms with Crippen molar-refractivity contribution >= 4 is 16.9 Å². The van der Waals surface area contributed by atoms with Crippen LogP contribution >= 0.6 is 0 Å². The van der Waals surface area contributed by atoms with Crippen LogP contribution in [-0.2, 0) is 11.3 Å². The number of carboxylic acid groups (broad SMARTS) is 1. The predicted molar refractivity (Wildman–Crippen MR) is 54.3 cm³/mol. The van der Waals surface area contributed by atoms with Crippen LogP contribution in [0.4, 0.5) is 0 Å². The topological polar surface area (TPSA) is 66.0 Å². The molecule has 0 aliphatic carbocycles. The van der Waals surface area contributed by atoms with Crippen LogP contribution in [-0.4, -0.2) is 15.6 Å². The molecule has 0 bridgehead atoms. The van der Waals surface area contributed by atoms with Gasteiger partial charge in [0.25, 0.3) is 0 Å². The van der Waals surface area contributed by atoms with Gasteiger partial charge in [-0.2, -0.15) is 5.26 Å². The van der Waals surface area contributed by atoms with Gasteiger partial charge in [0.05, 0.1) is 11.6 Å². The molecule has 0 saturated heterocycles. The average Bonchev–Trinajstić information content (AvgIpc) is 2.60. The van der Waals surface area contributed by atoms with Crippen molar-refractivity contribution in [3.8, 4) is 6.07 Å². The number of nitrogens with zero attached hydrogens (tertiary/aromatic N) is 2. The molecular weight excluding hydrogens is 192 g/mol. The summed E-state index contributed by atoms with van der Waals surface area (Å²) in [7, 11) is 0. The highest BCUT2D eigenvalue weighted by atomic mass is 16.4. The first-order valence-electron chi connectivity index (χ1n) is 4.41. The van der Waals surface area contributed by atoms with Crippen molar-refractivity contribution in [2.45, 2.75) is 6.54 Å². The molecule has 74 valence electrons. The van der Waals surface area contributed by atoms with E-state index in [0.717, 1.165) is 10.9 Å². The largest absolute Gasteiger partial charge is 0.480 e. The number of nitriles is 1. The number of fused-ring (bicyclic) bond motifs is 1. The zero-order valence-corrected chi connectivity index (χ0v) is 7.84. The number of carbonyl (C=O) groups is 1. The summed E-state index contributed by atoms with van der Waals surface area (Å²) >= 11 is 0. The molecule has 0 fully saturated rings. The molecule has 2 rings (SSSR count). The van der Waals surface area contributed by atoms with Gasteiger partial charge in [0, 0.05) is 11.7 Å². The molecular formula is C11H8N2O2. The van der Waals surface area contributed by atoms with Crippen molar-refractivity contribution in [2.24, 2.45) is 0 Å². The molecule has 4 heteroatoms. The molecule has 0 saturated carbocycles. The van der Waals surface area contributed by atoms with Gasteiger partial charge in [0.15, 0.2) is 0 Å². The van der Waals surface area contributed by atoms with Gasteiger partial charge >= 0.3 is 5.97 Å². The lowest BCUT2D eigenvalue weighted by atomic mass is 10.2. The molecule has 0 aliphatic heterocycles. The summed E-state index contributed by atoms with van der Waals surface area (Å²) in [5.41, 5.74) is 1.31. The van der Waals surface area contributed by atoms with E-state index in [0.29, 0.717) is 5.56 Å². The summed E-state index contributed by atoms with van der Waals surface area (Å²) in [5.74, 6) is -0.894. The van der Waals surface area contributed by atoms with Gasteiger partial charge in [0.1, 0.15) is 6.54 Å².